The molecule has 0 saturated carbocycles. The number of benzene rings is 1. The number of carboxylic acids is 1. The molecular weight excluding hydrogens is 457 g/mol. The molecule has 1 aromatic carbocycles. The number of carbonyl (C=O) groups excluding carboxylic acids is 1. The van der Waals surface area contributed by atoms with Crippen molar-refractivity contribution >= 4 is 53.8 Å². The Balaban J connectivity index is 2.51. The Morgan fingerprint density at radius 1 is 1.29 bits per heavy atom. The number of ether oxygens (including phenoxy) is 1. The van der Waals surface area contributed by atoms with Crippen LogP contribution in [0.5, 0.6) is 5.75 Å². The minimum atomic E-state index is -2.40. The van der Waals surface area contributed by atoms with Crippen LogP contribution >= 0.6 is 22.9 Å². The maximum Gasteiger partial charge on any atom is 0.311 e. The number of carbonyl (C=O) groups is 2. The highest BCUT2D eigenvalue weighted by Gasteiger charge is 2.52. The monoisotopic (exact) mass is 481 g/mol. The summed E-state index contributed by atoms with van der Waals surface area (Å²) in [5.74, 6) is -1.93. The fraction of sp³-hybridized carbons (Fsp3) is 0.364. The molecule has 1 unspecified atom stereocenters. The number of methoxy groups -OCH3 is 1. The minimum absolute atomic E-state index is 0.00323. The smallest absolute Gasteiger partial charge is 0.311 e. The summed E-state index contributed by atoms with van der Waals surface area (Å²) < 4.78 is 21.7. The van der Waals surface area contributed by atoms with Gasteiger partial charge in [-0.25, -0.2) is 4.39 Å². The van der Waals surface area contributed by atoms with Gasteiger partial charge in [-0.15, -0.1) is 11.3 Å². The molecule has 0 saturated heterocycles. The number of aliphatic carboxylic acids is 1. The van der Waals surface area contributed by atoms with E-state index in [1.54, 1.807) is 19.1 Å². The van der Waals surface area contributed by atoms with Gasteiger partial charge in [0.25, 0.3) is 5.91 Å². The van der Waals surface area contributed by atoms with E-state index >= 15 is 0 Å². The van der Waals surface area contributed by atoms with Gasteiger partial charge < -0.3 is 9.84 Å². The molecule has 0 radical (unpaired) electrons. The molecule has 9 heteroatoms. The normalized spacial score (nSPS) is 13.9. The Bertz CT molecular complexity index is 1200. The molecule has 1 atom stereocenters. The topological polar surface area (TPSA) is 68.5 Å². The molecule has 31 heavy (non-hydrogen) atoms. The van der Waals surface area contributed by atoms with Crippen molar-refractivity contribution in [3.63, 3.8) is 0 Å². The predicted molar refractivity (Wildman–Crippen MR) is 125 cm³/mol. The third-order valence-electron chi connectivity index (χ3n) is 6.07. The van der Waals surface area contributed by atoms with Crippen LogP contribution in [-0.2, 0) is 9.83 Å². The van der Waals surface area contributed by atoms with Crippen LogP contribution in [0.25, 0.3) is 10.9 Å². The fourth-order valence-electron chi connectivity index (χ4n) is 4.57. The highest BCUT2D eigenvalue weighted by molar-refractivity contribution is 7.18. The molecule has 0 aliphatic rings. The standard InChI is InChI=1S/C22H25ClFNO4SSi/c1-7-22(21(27)28,31(4,5)6)19-12(2)25(20(26)17-8-9-18(23)30-17)15-11-14(24)16(29-3)10-13(15)19/h8-11H,7H2,1-6H3,(H,27,28). The Kier molecular flexibility index (Phi) is 6.12. The van der Waals surface area contributed by atoms with E-state index in [4.69, 9.17) is 16.3 Å². The lowest BCUT2D eigenvalue weighted by Gasteiger charge is -2.40. The van der Waals surface area contributed by atoms with Crippen molar-refractivity contribution in [3.05, 3.63) is 50.6 Å². The van der Waals surface area contributed by atoms with Crippen molar-refractivity contribution in [3.8, 4) is 5.75 Å². The average molecular weight is 482 g/mol. The number of rotatable bonds is 6. The molecule has 0 amide bonds. The van der Waals surface area contributed by atoms with E-state index in [2.05, 4.69) is 0 Å². The summed E-state index contributed by atoms with van der Waals surface area (Å²) in [6.07, 6.45) is 0.344. The van der Waals surface area contributed by atoms with E-state index < -0.39 is 24.9 Å². The van der Waals surface area contributed by atoms with Gasteiger partial charge in [0.2, 0.25) is 0 Å². The van der Waals surface area contributed by atoms with E-state index in [1.165, 1.54) is 23.8 Å². The highest BCUT2D eigenvalue weighted by atomic mass is 35.5. The quantitative estimate of drug-likeness (QED) is 0.431. The Morgan fingerprint density at radius 2 is 1.94 bits per heavy atom. The summed E-state index contributed by atoms with van der Waals surface area (Å²) in [5, 5.41) is 9.79. The number of hydrogen-bond acceptors (Lipinski definition) is 4. The number of carboxylic acid groups (broad SMARTS) is 1. The van der Waals surface area contributed by atoms with Gasteiger partial charge in [0.15, 0.2) is 11.6 Å². The lowest BCUT2D eigenvalue weighted by atomic mass is 9.92. The van der Waals surface area contributed by atoms with Gasteiger partial charge in [-0.05, 0) is 37.1 Å². The molecule has 2 aromatic heterocycles. The second kappa shape index (κ2) is 8.07. The van der Waals surface area contributed by atoms with Gasteiger partial charge >= 0.3 is 5.97 Å². The van der Waals surface area contributed by atoms with Crippen LogP contribution in [-0.4, -0.2) is 36.7 Å². The zero-order valence-corrected chi connectivity index (χ0v) is 20.9. The average Bonchev–Trinajstić information content (AvgIpc) is 3.22. The number of fused-ring (bicyclic) bond motifs is 1. The molecule has 3 aromatic rings. The lowest BCUT2D eigenvalue weighted by Crippen LogP contribution is -2.55. The van der Waals surface area contributed by atoms with Crippen LogP contribution in [0.2, 0.25) is 24.0 Å². The maximum absolute atomic E-state index is 14.7. The number of thiophene rings is 1. The van der Waals surface area contributed by atoms with Crippen LogP contribution < -0.4 is 4.74 Å². The van der Waals surface area contributed by atoms with Crippen molar-refractivity contribution in [1.29, 1.82) is 0 Å². The second-order valence-electron chi connectivity index (χ2n) is 8.52. The van der Waals surface area contributed by atoms with Gasteiger partial charge in [0.05, 0.1) is 35.0 Å². The molecule has 0 fully saturated rings. The first-order valence-corrected chi connectivity index (χ1v) is 14.5. The summed E-state index contributed by atoms with van der Waals surface area (Å²) in [5.41, 5.74) is 1.35. The van der Waals surface area contributed by atoms with Crippen LogP contribution in [0.1, 0.15) is 34.3 Å². The van der Waals surface area contributed by atoms with Gasteiger partial charge in [-0.3, -0.25) is 14.2 Å². The molecule has 0 aliphatic heterocycles. The molecule has 1 N–H and O–H groups in total. The molecule has 3 rings (SSSR count). The first-order valence-electron chi connectivity index (χ1n) is 9.83. The van der Waals surface area contributed by atoms with Crippen LogP contribution in [0.3, 0.4) is 0 Å². The van der Waals surface area contributed by atoms with Gasteiger partial charge in [-0.1, -0.05) is 38.2 Å². The molecule has 166 valence electrons. The summed E-state index contributed by atoms with van der Waals surface area (Å²) in [7, 11) is -1.05. The molecule has 2 heterocycles. The third kappa shape index (κ3) is 3.50. The van der Waals surface area contributed by atoms with Crippen LogP contribution in [0.4, 0.5) is 4.39 Å². The SMILES string of the molecule is CCC(C(=O)O)(c1c(C)n(C(=O)c2ccc(Cl)s2)c2cc(F)c(OC)cc12)[Si](C)(C)C. The van der Waals surface area contributed by atoms with Crippen molar-refractivity contribution in [2.24, 2.45) is 0 Å². The minimum Gasteiger partial charge on any atom is -0.494 e. The summed E-state index contributed by atoms with van der Waals surface area (Å²) in [4.78, 5) is 26.6. The summed E-state index contributed by atoms with van der Waals surface area (Å²) in [6.45, 7) is 9.55. The van der Waals surface area contributed by atoms with E-state index in [-0.39, 0.29) is 11.7 Å². The van der Waals surface area contributed by atoms with Crippen molar-refractivity contribution in [1.82, 2.24) is 4.57 Å². The Morgan fingerprint density at radius 3 is 2.39 bits per heavy atom. The summed E-state index contributed by atoms with van der Waals surface area (Å²) >= 11 is 7.15. The Hall–Kier alpha value is -2.16. The summed E-state index contributed by atoms with van der Waals surface area (Å²) in [6, 6.07) is 5.99. The number of nitrogens with zero attached hydrogens (tertiary/aromatic N) is 1. The zero-order chi connectivity index (χ0) is 23.3. The molecule has 0 aliphatic carbocycles. The van der Waals surface area contributed by atoms with E-state index in [0.29, 0.717) is 37.8 Å². The lowest BCUT2D eigenvalue weighted by molar-refractivity contribution is -0.141. The first kappa shape index (κ1) is 23.5. The second-order valence-corrected chi connectivity index (χ2v) is 15.6. The molecule has 0 spiro atoms. The first-order chi connectivity index (χ1) is 14.4. The van der Waals surface area contributed by atoms with E-state index in [0.717, 1.165) is 11.3 Å². The van der Waals surface area contributed by atoms with Crippen LogP contribution in [0, 0.1) is 12.7 Å². The van der Waals surface area contributed by atoms with Crippen molar-refractivity contribution < 1.29 is 23.8 Å². The number of hydrogen-bond donors (Lipinski definition) is 1. The van der Waals surface area contributed by atoms with E-state index in [1.807, 2.05) is 26.6 Å². The Labute approximate surface area is 190 Å². The highest BCUT2D eigenvalue weighted by Crippen LogP contribution is 2.46. The predicted octanol–water partition coefficient (Wildman–Crippen LogP) is 6.11. The molecule has 5 nitrogen and oxygen atoms in total. The number of aromatic nitrogens is 1. The third-order valence-corrected chi connectivity index (χ3v) is 10.7. The van der Waals surface area contributed by atoms with Gasteiger partial charge in [0, 0.05) is 17.1 Å². The van der Waals surface area contributed by atoms with Crippen molar-refractivity contribution in [2.45, 2.75) is 44.9 Å². The molecular formula is C22H25ClFNO4SSi. The van der Waals surface area contributed by atoms with Gasteiger partial charge in [-0.2, -0.15) is 0 Å². The molecule has 0 bridgehead atoms. The number of halogens is 2. The fourth-order valence-corrected chi connectivity index (χ4v) is 8.31. The maximum atomic E-state index is 14.7. The van der Waals surface area contributed by atoms with Crippen LogP contribution in [0.15, 0.2) is 24.3 Å². The zero-order valence-electron chi connectivity index (χ0n) is 18.3. The van der Waals surface area contributed by atoms with Crippen molar-refractivity contribution in [2.75, 3.05) is 7.11 Å². The largest absolute Gasteiger partial charge is 0.494 e. The van der Waals surface area contributed by atoms with E-state index in [9.17, 15) is 19.1 Å². The van der Waals surface area contributed by atoms with Gasteiger partial charge in [0.1, 0.15) is 0 Å².